The molecule has 0 spiro atoms. The van der Waals surface area contributed by atoms with Crippen LogP contribution in [0.25, 0.3) is 6.08 Å². The minimum Gasteiger partial charge on any atom is -0.377 e. The van der Waals surface area contributed by atoms with E-state index < -0.39 is 0 Å². The van der Waals surface area contributed by atoms with Gasteiger partial charge in [-0.3, -0.25) is 4.79 Å². The first-order valence-corrected chi connectivity index (χ1v) is 7.74. The molecule has 0 bridgehead atoms. The molecule has 1 aromatic heterocycles. The molecule has 0 saturated carbocycles. The number of piperidine rings is 1. The van der Waals surface area contributed by atoms with Crippen molar-refractivity contribution in [2.24, 2.45) is 0 Å². The molecule has 1 fully saturated rings. The van der Waals surface area contributed by atoms with Crippen LogP contribution < -0.4 is 0 Å². The van der Waals surface area contributed by atoms with Crippen LogP contribution in [0.2, 0.25) is 0 Å². The fraction of sp³-hybridized carbons (Fsp3) is 0.333. The van der Waals surface area contributed by atoms with Gasteiger partial charge in [0.2, 0.25) is 0 Å². The molecule has 0 atom stereocenters. The van der Waals surface area contributed by atoms with Gasteiger partial charge in [-0.05, 0) is 18.4 Å². The fourth-order valence-corrected chi connectivity index (χ4v) is 2.71. The zero-order valence-corrected chi connectivity index (χ0v) is 13.2. The molecule has 5 nitrogen and oxygen atoms in total. The second-order valence-corrected chi connectivity index (χ2v) is 5.62. The van der Waals surface area contributed by atoms with Gasteiger partial charge in [-0.2, -0.15) is 0 Å². The number of hydrogen-bond acceptors (Lipinski definition) is 4. The first-order chi connectivity index (χ1) is 11.3. The minimum absolute atomic E-state index is 0.0742. The molecule has 0 unspecified atom stereocenters. The van der Waals surface area contributed by atoms with Crippen LogP contribution in [0.3, 0.4) is 0 Å². The van der Waals surface area contributed by atoms with E-state index in [1.165, 1.54) is 11.1 Å². The molecule has 1 aromatic carbocycles. The molecule has 0 radical (unpaired) electrons. The standard InChI is InChI=1S/C18H20N2O3/c1-22-13-16-12-17(19-23-16)18(21)20-9-7-15(8-10-20)11-14-5-3-2-4-6-14/h2-6,11-12H,7-10,13H2,1H3. The highest BCUT2D eigenvalue weighted by molar-refractivity contribution is 5.92. The molecular formula is C18H20N2O3. The Labute approximate surface area is 135 Å². The van der Waals surface area contributed by atoms with Gasteiger partial charge in [-0.25, -0.2) is 0 Å². The highest BCUT2D eigenvalue weighted by Gasteiger charge is 2.23. The van der Waals surface area contributed by atoms with Gasteiger partial charge in [-0.15, -0.1) is 0 Å². The SMILES string of the molecule is COCc1cc(C(=O)N2CCC(=Cc3ccccc3)CC2)no1. The van der Waals surface area contributed by atoms with E-state index in [4.69, 9.17) is 9.26 Å². The summed E-state index contributed by atoms with van der Waals surface area (Å²) in [7, 11) is 1.58. The largest absolute Gasteiger partial charge is 0.377 e. The van der Waals surface area contributed by atoms with Gasteiger partial charge >= 0.3 is 0 Å². The van der Waals surface area contributed by atoms with E-state index in [1.54, 1.807) is 13.2 Å². The lowest BCUT2D eigenvalue weighted by Gasteiger charge is -2.27. The molecule has 1 amide bonds. The van der Waals surface area contributed by atoms with Crippen molar-refractivity contribution in [2.75, 3.05) is 20.2 Å². The van der Waals surface area contributed by atoms with Crippen molar-refractivity contribution in [3.8, 4) is 0 Å². The second-order valence-electron chi connectivity index (χ2n) is 5.62. The number of ether oxygens (including phenoxy) is 1. The number of aromatic nitrogens is 1. The van der Waals surface area contributed by atoms with Crippen molar-refractivity contribution >= 4 is 12.0 Å². The van der Waals surface area contributed by atoms with Crippen LogP contribution in [0, 0.1) is 0 Å². The molecule has 1 aliphatic rings. The summed E-state index contributed by atoms with van der Waals surface area (Å²) in [5, 5.41) is 3.84. The average molecular weight is 312 g/mol. The maximum atomic E-state index is 12.4. The van der Waals surface area contributed by atoms with E-state index in [9.17, 15) is 4.79 Å². The number of nitrogens with zero attached hydrogens (tertiary/aromatic N) is 2. The summed E-state index contributed by atoms with van der Waals surface area (Å²) in [5.74, 6) is 0.493. The van der Waals surface area contributed by atoms with E-state index in [0.29, 0.717) is 31.2 Å². The normalized spacial score (nSPS) is 14.8. The highest BCUT2D eigenvalue weighted by atomic mass is 16.5. The Morgan fingerprint density at radius 2 is 2.04 bits per heavy atom. The fourth-order valence-electron chi connectivity index (χ4n) is 2.71. The van der Waals surface area contributed by atoms with Crippen molar-refractivity contribution in [3.05, 3.63) is 59.0 Å². The number of methoxy groups -OCH3 is 1. The first-order valence-electron chi connectivity index (χ1n) is 7.74. The van der Waals surface area contributed by atoms with E-state index in [1.807, 2.05) is 23.1 Å². The number of carbonyl (C=O) groups excluding carboxylic acids is 1. The maximum Gasteiger partial charge on any atom is 0.276 e. The van der Waals surface area contributed by atoms with Crippen molar-refractivity contribution in [1.29, 1.82) is 0 Å². The third kappa shape index (κ3) is 3.87. The Morgan fingerprint density at radius 3 is 2.74 bits per heavy atom. The Bertz CT molecular complexity index is 681. The highest BCUT2D eigenvalue weighted by Crippen LogP contribution is 2.21. The summed E-state index contributed by atoms with van der Waals surface area (Å²) in [6.45, 7) is 1.75. The van der Waals surface area contributed by atoms with Gasteiger partial charge in [-0.1, -0.05) is 47.1 Å². The Balaban J connectivity index is 1.60. The van der Waals surface area contributed by atoms with Crippen molar-refractivity contribution in [2.45, 2.75) is 19.4 Å². The summed E-state index contributed by atoms with van der Waals surface area (Å²) in [6.07, 6.45) is 4.00. The molecule has 0 N–H and O–H groups in total. The number of rotatable bonds is 4. The van der Waals surface area contributed by atoms with E-state index in [2.05, 4.69) is 23.4 Å². The Kier molecular flexibility index (Phi) is 4.88. The van der Waals surface area contributed by atoms with E-state index in [-0.39, 0.29) is 5.91 Å². The Hall–Kier alpha value is -2.40. The van der Waals surface area contributed by atoms with Gasteiger partial charge in [0.15, 0.2) is 11.5 Å². The third-order valence-electron chi connectivity index (χ3n) is 3.93. The predicted molar refractivity (Wildman–Crippen MR) is 86.8 cm³/mol. The molecule has 23 heavy (non-hydrogen) atoms. The number of amides is 1. The summed E-state index contributed by atoms with van der Waals surface area (Å²) >= 11 is 0. The van der Waals surface area contributed by atoms with Crippen molar-refractivity contribution in [3.63, 3.8) is 0 Å². The molecule has 0 aliphatic carbocycles. The molecule has 5 heteroatoms. The number of benzene rings is 1. The van der Waals surface area contributed by atoms with Crippen LogP contribution in [0.15, 0.2) is 46.5 Å². The summed E-state index contributed by atoms with van der Waals surface area (Å²) < 4.78 is 10.1. The zero-order valence-electron chi connectivity index (χ0n) is 13.2. The molecule has 2 heterocycles. The lowest BCUT2D eigenvalue weighted by molar-refractivity contribution is 0.0733. The Morgan fingerprint density at radius 1 is 1.30 bits per heavy atom. The number of likely N-dealkylation sites (tertiary alicyclic amines) is 1. The van der Waals surface area contributed by atoms with Crippen molar-refractivity contribution < 1.29 is 14.1 Å². The van der Waals surface area contributed by atoms with Crippen LogP contribution in [0.5, 0.6) is 0 Å². The second kappa shape index (κ2) is 7.24. The quantitative estimate of drug-likeness (QED) is 0.870. The number of hydrogen-bond donors (Lipinski definition) is 0. The predicted octanol–water partition coefficient (Wildman–Crippen LogP) is 3.14. The van der Waals surface area contributed by atoms with E-state index >= 15 is 0 Å². The first kappa shape index (κ1) is 15.5. The van der Waals surface area contributed by atoms with Crippen LogP contribution in [0.1, 0.15) is 34.7 Å². The van der Waals surface area contributed by atoms with Gasteiger partial charge in [0.05, 0.1) is 0 Å². The van der Waals surface area contributed by atoms with Gasteiger partial charge in [0, 0.05) is 26.3 Å². The zero-order chi connectivity index (χ0) is 16.1. The van der Waals surface area contributed by atoms with Crippen LogP contribution >= 0.6 is 0 Å². The molecule has 120 valence electrons. The summed E-state index contributed by atoms with van der Waals surface area (Å²) in [6, 6.07) is 11.9. The molecule has 1 saturated heterocycles. The molecule has 1 aliphatic heterocycles. The van der Waals surface area contributed by atoms with Crippen LogP contribution in [-0.4, -0.2) is 36.2 Å². The van der Waals surface area contributed by atoms with Crippen molar-refractivity contribution in [1.82, 2.24) is 10.1 Å². The van der Waals surface area contributed by atoms with E-state index in [0.717, 1.165) is 12.8 Å². The van der Waals surface area contributed by atoms with Gasteiger partial charge in [0.25, 0.3) is 5.91 Å². The van der Waals surface area contributed by atoms with Crippen LogP contribution in [0.4, 0.5) is 0 Å². The topological polar surface area (TPSA) is 55.6 Å². The average Bonchev–Trinajstić information content (AvgIpc) is 3.05. The third-order valence-corrected chi connectivity index (χ3v) is 3.93. The minimum atomic E-state index is -0.0742. The summed E-state index contributed by atoms with van der Waals surface area (Å²) in [5.41, 5.74) is 2.94. The molecule has 2 aromatic rings. The lowest BCUT2D eigenvalue weighted by atomic mass is 10.0. The number of carbonyl (C=O) groups is 1. The lowest BCUT2D eigenvalue weighted by Crippen LogP contribution is -2.36. The van der Waals surface area contributed by atoms with Crippen LogP contribution in [-0.2, 0) is 11.3 Å². The van der Waals surface area contributed by atoms with Gasteiger partial charge < -0.3 is 14.2 Å². The monoisotopic (exact) mass is 312 g/mol. The van der Waals surface area contributed by atoms with Gasteiger partial charge in [0.1, 0.15) is 6.61 Å². The summed E-state index contributed by atoms with van der Waals surface area (Å²) in [4.78, 5) is 14.3. The molecule has 3 rings (SSSR count). The maximum absolute atomic E-state index is 12.4. The molecular weight excluding hydrogens is 292 g/mol. The smallest absolute Gasteiger partial charge is 0.276 e.